The van der Waals surface area contributed by atoms with E-state index in [9.17, 15) is 29.1 Å². The summed E-state index contributed by atoms with van der Waals surface area (Å²) in [5, 5.41) is 14.5. The number of amides is 4. The van der Waals surface area contributed by atoms with Crippen molar-refractivity contribution in [1.82, 2.24) is 25.5 Å². The maximum atomic E-state index is 13.5. The van der Waals surface area contributed by atoms with Crippen LogP contribution in [0.25, 0.3) is 0 Å². The van der Waals surface area contributed by atoms with Gasteiger partial charge in [0.25, 0.3) is 5.56 Å². The number of barbiturate groups is 1. The Bertz CT molecular complexity index is 1660. The van der Waals surface area contributed by atoms with Crippen molar-refractivity contribution in [3.63, 3.8) is 0 Å². The number of H-pyrrole nitrogens is 2. The number of fused-ring (bicyclic) bond motifs is 4. The Hall–Kier alpha value is -5.04. The third-order valence-corrected chi connectivity index (χ3v) is 7.69. The van der Waals surface area contributed by atoms with Crippen LogP contribution in [0.3, 0.4) is 0 Å². The van der Waals surface area contributed by atoms with Gasteiger partial charge >= 0.3 is 11.7 Å². The number of aromatic amines is 2. The first kappa shape index (κ1) is 25.2. The van der Waals surface area contributed by atoms with Crippen LogP contribution in [0.2, 0.25) is 0 Å². The van der Waals surface area contributed by atoms with Gasteiger partial charge in [-0.25, -0.2) is 9.59 Å². The quantitative estimate of drug-likeness (QED) is 0.227. The topological polar surface area (TPSA) is 180 Å². The molecule has 6 rings (SSSR count). The summed E-state index contributed by atoms with van der Waals surface area (Å²) in [4.78, 5) is 74.9. The van der Waals surface area contributed by atoms with Gasteiger partial charge in [0.15, 0.2) is 5.41 Å². The largest absolute Gasteiger partial charge is 0.494 e. The Morgan fingerprint density at radius 1 is 0.975 bits per heavy atom. The van der Waals surface area contributed by atoms with E-state index in [0.29, 0.717) is 37.4 Å². The van der Waals surface area contributed by atoms with Crippen molar-refractivity contribution in [3.05, 3.63) is 86.1 Å². The van der Waals surface area contributed by atoms with Gasteiger partial charge in [0, 0.05) is 38.1 Å². The summed E-state index contributed by atoms with van der Waals surface area (Å²) in [6.45, 7) is 2.32. The fraction of sp³-hybridized carbons (Fsp3) is 0.259. The molecule has 13 heteroatoms. The number of nitrogens with zero attached hydrogens (tertiary/aromatic N) is 3. The number of nitrogens with one attached hydrogen (secondary N) is 4. The summed E-state index contributed by atoms with van der Waals surface area (Å²) in [6, 6.07) is 13.8. The molecule has 0 saturated carbocycles. The lowest BCUT2D eigenvalue weighted by Gasteiger charge is -2.54. The van der Waals surface area contributed by atoms with Gasteiger partial charge < -0.3 is 10.0 Å². The second-order valence-corrected chi connectivity index (χ2v) is 10.1. The number of piperazine rings is 1. The van der Waals surface area contributed by atoms with E-state index in [1.54, 1.807) is 12.1 Å². The first-order chi connectivity index (χ1) is 19.2. The predicted octanol–water partition coefficient (Wildman–Crippen LogP) is 0.119. The molecule has 13 nitrogen and oxygen atoms in total. The van der Waals surface area contributed by atoms with Gasteiger partial charge in [-0.05, 0) is 35.7 Å². The van der Waals surface area contributed by atoms with Crippen LogP contribution in [0, 0.1) is 5.41 Å². The number of hydrogen-bond donors (Lipinski definition) is 5. The molecule has 40 heavy (non-hydrogen) atoms. The molecule has 1 aromatic heterocycles. The fourth-order valence-corrected chi connectivity index (χ4v) is 5.80. The van der Waals surface area contributed by atoms with E-state index in [2.05, 4.69) is 25.5 Å². The number of aromatic nitrogens is 2. The standard InChI is InChI=1S/C27H25N7O6/c35-21-18(22(36)30-25(39)29-21)12-28-17-6-7-19-16(10-17)11-27(23(37)31-26(40)32-24(27)38)20-14-33(8-9-34(19)20)13-15-4-2-1-3-5-15/h1-7,10,12,20H,8-9,11,13-14H2,(H3,29,30,35,36,39)(H2,31,32,37,38,40)/t20-/m0/s1. The first-order valence-corrected chi connectivity index (χ1v) is 12.7. The Kier molecular flexibility index (Phi) is 6.07. The van der Waals surface area contributed by atoms with Gasteiger partial charge in [-0.3, -0.25) is 44.9 Å². The van der Waals surface area contributed by atoms with Gasteiger partial charge in [0.2, 0.25) is 17.7 Å². The molecule has 0 aliphatic carbocycles. The van der Waals surface area contributed by atoms with E-state index in [1.165, 1.54) is 0 Å². The van der Waals surface area contributed by atoms with E-state index in [-0.39, 0.29) is 12.0 Å². The molecular weight excluding hydrogens is 518 g/mol. The van der Waals surface area contributed by atoms with Crippen molar-refractivity contribution < 1.29 is 19.5 Å². The Balaban J connectivity index is 1.37. The second-order valence-electron chi connectivity index (χ2n) is 10.1. The summed E-state index contributed by atoms with van der Waals surface area (Å²) in [6.07, 6.45) is 1.15. The van der Waals surface area contributed by atoms with Crippen molar-refractivity contribution in [3.8, 4) is 5.88 Å². The lowest BCUT2D eigenvalue weighted by atomic mass is 9.68. The molecule has 1 spiro atoms. The molecule has 5 N–H and O–H groups in total. The number of urea groups is 1. The van der Waals surface area contributed by atoms with E-state index >= 15 is 0 Å². The van der Waals surface area contributed by atoms with Crippen molar-refractivity contribution in [1.29, 1.82) is 0 Å². The highest BCUT2D eigenvalue weighted by Gasteiger charge is 2.60. The molecule has 0 unspecified atom stereocenters. The SMILES string of the molecule is O=C1NC(=O)C2(Cc3cc(N=Cc4c(O)[nH]c(=O)[nH]c4=O)ccc3N3CCN(Cc4ccccc4)C[C@H]32)C(=O)N1. The molecule has 0 radical (unpaired) electrons. The molecule has 2 fully saturated rings. The number of aliphatic imine (C=N–C) groups is 1. The van der Waals surface area contributed by atoms with Crippen LogP contribution >= 0.6 is 0 Å². The molecule has 3 aliphatic rings. The van der Waals surface area contributed by atoms with Gasteiger partial charge in [-0.2, -0.15) is 0 Å². The van der Waals surface area contributed by atoms with E-state index in [1.807, 2.05) is 46.3 Å². The van der Waals surface area contributed by atoms with E-state index in [0.717, 1.165) is 17.5 Å². The molecule has 2 aromatic carbocycles. The summed E-state index contributed by atoms with van der Waals surface area (Å²) >= 11 is 0. The lowest BCUT2D eigenvalue weighted by molar-refractivity contribution is -0.147. The molecular formula is C27H25N7O6. The number of carbonyl (C=O) groups is 3. The van der Waals surface area contributed by atoms with Crippen molar-refractivity contribution >= 4 is 35.4 Å². The zero-order valence-electron chi connectivity index (χ0n) is 21.1. The molecule has 3 aromatic rings. The van der Waals surface area contributed by atoms with Crippen LogP contribution in [-0.2, 0) is 22.6 Å². The van der Waals surface area contributed by atoms with Crippen LogP contribution in [-0.4, -0.2) is 69.7 Å². The number of aromatic hydroxyl groups is 1. The van der Waals surface area contributed by atoms with Crippen molar-refractivity contribution in [2.45, 2.75) is 19.0 Å². The highest BCUT2D eigenvalue weighted by atomic mass is 16.3. The number of carbonyl (C=O) groups excluding carboxylic acids is 3. The Labute approximate surface area is 226 Å². The van der Waals surface area contributed by atoms with Crippen LogP contribution in [0.4, 0.5) is 16.2 Å². The maximum absolute atomic E-state index is 13.5. The smallest absolute Gasteiger partial charge is 0.328 e. The van der Waals surface area contributed by atoms with Crippen LogP contribution in [0.15, 0.2) is 63.1 Å². The molecule has 0 bridgehead atoms. The van der Waals surface area contributed by atoms with Crippen LogP contribution < -0.4 is 26.8 Å². The van der Waals surface area contributed by atoms with Crippen molar-refractivity contribution in [2.75, 3.05) is 24.5 Å². The molecule has 1 atom stereocenters. The van der Waals surface area contributed by atoms with Gasteiger partial charge in [-0.1, -0.05) is 30.3 Å². The van der Waals surface area contributed by atoms with Crippen molar-refractivity contribution in [2.24, 2.45) is 10.4 Å². The zero-order chi connectivity index (χ0) is 28.0. The van der Waals surface area contributed by atoms with Crippen LogP contribution in [0.5, 0.6) is 5.88 Å². The van der Waals surface area contributed by atoms with Crippen LogP contribution in [0.1, 0.15) is 16.7 Å². The van der Waals surface area contributed by atoms with Gasteiger partial charge in [0.05, 0.1) is 11.7 Å². The molecule has 204 valence electrons. The lowest BCUT2D eigenvalue weighted by Crippen LogP contribution is -2.74. The Morgan fingerprint density at radius 2 is 1.73 bits per heavy atom. The molecule has 3 aliphatic heterocycles. The minimum absolute atomic E-state index is 0.0292. The number of hydrogen-bond acceptors (Lipinski definition) is 9. The number of anilines is 1. The maximum Gasteiger partial charge on any atom is 0.328 e. The third kappa shape index (κ3) is 4.25. The fourth-order valence-electron chi connectivity index (χ4n) is 5.80. The molecule has 4 amide bonds. The Morgan fingerprint density at radius 3 is 2.45 bits per heavy atom. The minimum atomic E-state index is -1.56. The second kappa shape index (κ2) is 9.61. The summed E-state index contributed by atoms with van der Waals surface area (Å²) < 4.78 is 0. The normalized spacial score (nSPS) is 20.2. The first-order valence-electron chi connectivity index (χ1n) is 12.7. The highest BCUT2D eigenvalue weighted by Crippen LogP contribution is 2.45. The number of rotatable bonds is 4. The molecule has 4 heterocycles. The number of imide groups is 2. The van der Waals surface area contributed by atoms with E-state index in [4.69, 9.17) is 0 Å². The van der Waals surface area contributed by atoms with Gasteiger partial charge in [-0.15, -0.1) is 0 Å². The van der Waals surface area contributed by atoms with E-state index < -0.39 is 46.4 Å². The average Bonchev–Trinajstić information content (AvgIpc) is 2.91. The zero-order valence-corrected chi connectivity index (χ0v) is 21.1. The summed E-state index contributed by atoms with van der Waals surface area (Å²) in [7, 11) is 0. The number of benzene rings is 2. The predicted molar refractivity (Wildman–Crippen MR) is 144 cm³/mol. The summed E-state index contributed by atoms with van der Waals surface area (Å²) in [5.41, 5.74) is -0.423. The minimum Gasteiger partial charge on any atom is -0.494 e. The average molecular weight is 544 g/mol. The van der Waals surface area contributed by atoms with Gasteiger partial charge in [0.1, 0.15) is 5.56 Å². The monoisotopic (exact) mass is 543 g/mol. The summed E-state index contributed by atoms with van der Waals surface area (Å²) in [5.74, 6) is -1.92. The third-order valence-electron chi connectivity index (χ3n) is 7.69. The molecule has 2 saturated heterocycles. The highest BCUT2D eigenvalue weighted by molar-refractivity contribution is 6.20.